The van der Waals surface area contributed by atoms with E-state index in [-0.39, 0.29) is 22.2 Å². The number of Topliss-reactive ketones (excluding diaryl/α,β-unsaturated/α-hetero) is 1. The van der Waals surface area contributed by atoms with E-state index in [2.05, 4.69) is 166 Å². The summed E-state index contributed by atoms with van der Waals surface area (Å²) in [7, 11) is 0. The molecule has 0 fully saturated rings. The zero-order valence-corrected chi connectivity index (χ0v) is 42.4. The van der Waals surface area contributed by atoms with Crippen LogP contribution >= 0.6 is 22.7 Å². The summed E-state index contributed by atoms with van der Waals surface area (Å²) in [5.41, 5.74) is 15.1. The van der Waals surface area contributed by atoms with Gasteiger partial charge in [0, 0.05) is 47.4 Å². The van der Waals surface area contributed by atoms with Gasteiger partial charge in [0.1, 0.15) is 6.07 Å². The van der Waals surface area contributed by atoms with Crippen LogP contribution in [0.25, 0.3) is 47.8 Å². The molecule has 0 atom stereocenters. The second-order valence-corrected chi connectivity index (χ2v) is 21.9. The number of anilines is 3. The van der Waals surface area contributed by atoms with Gasteiger partial charge in [-0.15, -0.1) is 22.7 Å². The first-order chi connectivity index (χ1) is 33.2. The number of unbranched alkanes of at least 4 members (excludes halogenated alkanes) is 10. The molecule has 0 spiro atoms. The standard InChI is InChI=1S/C63H66N2OS2/c1-6-8-10-12-14-22-36-63(37-23-15-13-11-9-7-2)56-41-58(46-29-32-51(33-30-46)65(49-24-18-16-19-25-49)50-26-20-17-21-27-50)67-60(56)61-57(63)42-59(68-61)47-31-35-53-52-34-28-45(38-48(43-64)44(3)66)39-54(52)62(4,5)55(53)40-47/h16-21,24-35,38-42H,6-15,22-23,36-37H2,1-5H3/b48-38+. The fraction of sp³-hybridized carbons (Fsp3) is 0.333. The first kappa shape index (κ1) is 47.3. The first-order valence-electron chi connectivity index (χ1n) is 25.4. The molecule has 5 aromatic carbocycles. The molecule has 68 heavy (non-hydrogen) atoms. The molecule has 0 bridgehead atoms. The quantitative estimate of drug-likeness (QED) is 0.0410. The summed E-state index contributed by atoms with van der Waals surface area (Å²) in [6, 6.07) is 51.5. The van der Waals surface area contributed by atoms with Gasteiger partial charge >= 0.3 is 0 Å². The number of hydrogen-bond donors (Lipinski definition) is 0. The minimum Gasteiger partial charge on any atom is -0.311 e. The van der Waals surface area contributed by atoms with Gasteiger partial charge in [0.25, 0.3) is 0 Å². The third kappa shape index (κ3) is 9.35. The van der Waals surface area contributed by atoms with Crippen LogP contribution in [0.5, 0.6) is 0 Å². The van der Waals surface area contributed by atoms with E-state index in [4.69, 9.17) is 0 Å². The number of hydrogen-bond acceptors (Lipinski definition) is 5. The Balaban J connectivity index is 1.10. The van der Waals surface area contributed by atoms with Crippen LogP contribution in [0.2, 0.25) is 0 Å². The van der Waals surface area contributed by atoms with Crippen molar-refractivity contribution in [3.05, 3.63) is 167 Å². The number of allylic oxidation sites excluding steroid dienone is 1. The van der Waals surface area contributed by atoms with Crippen molar-refractivity contribution in [1.29, 1.82) is 5.26 Å². The van der Waals surface area contributed by atoms with Gasteiger partial charge in [-0.2, -0.15) is 5.26 Å². The zero-order chi connectivity index (χ0) is 47.3. The van der Waals surface area contributed by atoms with Gasteiger partial charge in [0.2, 0.25) is 0 Å². The number of thiophene rings is 2. The topological polar surface area (TPSA) is 44.1 Å². The molecule has 0 saturated carbocycles. The third-order valence-electron chi connectivity index (χ3n) is 14.8. The highest BCUT2D eigenvalue weighted by atomic mass is 32.1. The smallest absolute Gasteiger partial charge is 0.170 e. The summed E-state index contributed by atoms with van der Waals surface area (Å²) < 4.78 is 0. The van der Waals surface area contributed by atoms with Crippen molar-refractivity contribution in [3.63, 3.8) is 0 Å². The van der Waals surface area contributed by atoms with Gasteiger partial charge in [-0.05, 0) is 131 Å². The number of para-hydroxylation sites is 2. The second-order valence-electron chi connectivity index (χ2n) is 19.8. The molecule has 2 aliphatic carbocycles. The minimum absolute atomic E-state index is 0.000652. The Bertz CT molecular complexity index is 2890. The number of benzene rings is 5. The molecule has 0 unspecified atom stereocenters. The Labute approximate surface area is 414 Å². The van der Waals surface area contributed by atoms with Crippen molar-refractivity contribution in [2.24, 2.45) is 0 Å². The lowest BCUT2D eigenvalue weighted by Crippen LogP contribution is -2.25. The average Bonchev–Trinajstić information content (AvgIpc) is 4.11. The van der Waals surface area contributed by atoms with Gasteiger partial charge in [0.05, 0.1) is 5.57 Å². The van der Waals surface area contributed by atoms with Gasteiger partial charge in [-0.25, -0.2) is 0 Å². The van der Waals surface area contributed by atoms with E-state index < -0.39 is 0 Å². The Morgan fingerprint density at radius 2 is 1.03 bits per heavy atom. The molecule has 0 amide bonds. The van der Waals surface area contributed by atoms with Gasteiger partial charge in [-0.1, -0.05) is 184 Å². The number of fused-ring (bicyclic) bond motifs is 6. The molecule has 9 rings (SSSR count). The lowest BCUT2D eigenvalue weighted by molar-refractivity contribution is -0.113. The van der Waals surface area contributed by atoms with Gasteiger partial charge in [0.15, 0.2) is 5.78 Å². The van der Waals surface area contributed by atoms with Crippen molar-refractivity contribution >= 4 is 51.6 Å². The minimum atomic E-state index is -0.239. The van der Waals surface area contributed by atoms with Crippen LogP contribution in [-0.4, -0.2) is 5.78 Å². The van der Waals surface area contributed by atoms with E-state index >= 15 is 0 Å². The molecule has 2 aromatic heterocycles. The highest BCUT2D eigenvalue weighted by molar-refractivity contribution is 7.25. The first-order valence-corrected chi connectivity index (χ1v) is 27.0. The van der Waals surface area contributed by atoms with Crippen LogP contribution in [0.15, 0.2) is 139 Å². The summed E-state index contributed by atoms with van der Waals surface area (Å²) in [5, 5.41) is 9.64. The zero-order valence-electron chi connectivity index (χ0n) is 40.8. The Morgan fingerprint density at radius 3 is 1.56 bits per heavy atom. The number of nitrogens with zero attached hydrogens (tertiary/aromatic N) is 2. The Morgan fingerprint density at radius 1 is 0.559 bits per heavy atom. The molecular formula is C63H66N2OS2. The van der Waals surface area contributed by atoms with Crippen molar-refractivity contribution in [1.82, 2.24) is 0 Å². The predicted molar refractivity (Wildman–Crippen MR) is 292 cm³/mol. The van der Waals surface area contributed by atoms with Crippen LogP contribution in [0.4, 0.5) is 17.1 Å². The largest absolute Gasteiger partial charge is 0.311 e. The molecule has 0 radical (unpaired) electrons. The number of nitriles is 1. The maximum absolute atomic E-state index is 12.1. The predicted octanol–water partition coefficient (Wildman–Crippen LogP) is 19.2. The highest BCUT2D eigenvalue weighted by Crippen LogP contribution is 2.62. The van der Waals surface area contributed by atoms with E-state index in [1.807, 2.05) is 28.7 Å². The van der Waals surface area contributed by atoms with Crippen LogP contribution in [0.3, 0.4) is 0 Å². The van der Waals surface area contributed by atoms with E-state index in [0.717, 1.165) is 22.6 Å². The molecule has 346 valence electrons. The summed E-state index contributed by atoms with van der Waals surface area (Å²) in [5.74, 6) is -0.208. The van der Waals surface area contributed by atoms with Gasteiger partial charge in [-0.3, -0.25) is 4.79 Å². The van der Waals surface area contributed by atoms with Crippen molar-refractivity contribution in [3.8, 4) is 47.8 Å². The molecule has 2 aliphatic rings. The second kappa shape index (κ2) is 20.8. The van der Waals surface area contributed by atoms with Crippen LogP contribution in [0.1, 0.15) is 152 Å². The monoisotopic (exact) mass is 930 g/mol. The van der Waals surface area contributed by atoms with Crippen LogP contribution < -0.4 is 4.90 Å². The van der Waals surface area contributed by atoms with E-state index in [1.165, 1.54) is 150 Å². The molecule has 0 saturated heterocycles. The molecule has 2 heterocycles. The lowest BCUT2D eigenvalue weighted by atomic mass is 9.71. The number of carbonyl (C=O) groups excluding carboxylic acids is 1. The average molecular weight is 931 g/mol. The molecule has 0 aliphatic heterocycles. The summed E-state index contributed by atoms with van der Waals surface area (Å²) in [6.07, 6.45) is 19.7. The fourth-order valence-electron chi connectivity index (χ4n) is 11.1. The van der Waals surface area contributed by atoms with Crippen molar-refractivity contribution in [2.75, 3.05) is 4.90 Å². The number of ketones is 1. The number of rotatable bonds is 21. The van der Waals surface area contributed by atoms with Crippen molar-refractivity contribution in [2.45, 2.75) is 135 Å². The number of carbonyl (C=O) groups is 1. The van der Waals surface area contributed by atoms with E-state index in [9.17, 15) is 10.1 Å². The molecule has 7 aromatic rings. The van der Waals surface area contributed by atoms with Crippen LogP contribution in [0, 0.1) is 11.3 Å². The summed E-state index contributed by atoms with van der Waals surface area (Å²) in [4.78, 5) is 20.2. The summed E-state index contributed by atoms with van der Waals surface area (Å²) in [6.45, 7) is 10.7. The third-order valence-corrected chi connectivity index (χ3v) is 17.4. The Hall–Kier alpha value is -5.80. The molecule has 3 nitrogen and oxygen atoms in total. The van der Waals surface area contributed by atoms with E-state index in [1.54, 1.807) is 17.2 Å². The normalized spacial score (nSPS) is 14.0. The van der Waals surface area contributed by atoms with Crippen molar-refractivity contribution < 1.29 is 4.79 Å². The maximum Gasteiger partial charge on any atom is 0.170 e. The summed E-state index contributed by atoms with van der Waals surface area (Å²) >= 11 is 4.02. The van der Waals surface area contributed by atoms with E-state index in [0.29, 0.717) is 0 Å². The Kier molecular flexibility index (Phi) is 14.5. The maximum atomic E-state index is 12.1. The van der Waals surface area contributed by atoms with Gasteiger partial charge < -0.3 is 4.90 Å². The molecular weight excluding hydrogens is 865 g/mol. The SMILES string of the molecule is CCCCCCCCC1(CCCCCCCC)c2cc(-c3ccc(N(c4ccccc4)c4ccccc4)cc3)sc2-c2sc(-c3ccc4c(c3)C(C)(C)c3cc(/C=C(\C#N)C(C)=O)ccc3-4)cc21. The van der Waals surface area contributed by atoms with Crippen LogP contribution in [-0.2, 0) is 15.6 Å². The molecule has 5 heteroatoms. The fourth-order valence-corrected chi connectivity index (χ4v) is 13.8. The lowest BCUT2D eigenvalue weighted by Gasteiger charge is -2.31. The molecule has 0 N–H and O–H groups in total. The highest BCUT2D eigenvalue weighted by Gasteiger charge is 2.46.